The fourth-order valence-electron chi connectivity index (χ4n) is 3.77. The molecule has 0 aromatic heterocycles. The van der Waals surface area contributed by atoms with Crippen molar-refractivity contribution in [2.24, 2.45) is 17.8 Å². The molecule has 120 valence electrons. The van der Waals surface area contributed by atoms with E-state index in [0.717, 1.165) is 25.3 Å². The van der Waals surface area contributed by atoms with Crippen molar-refractivity contribution in [3.63, 3.8) is 0 Å². The molecule has 1 saturated heterocycles. The van der Waals surface area contributed by atoms with E-state index >= 15 is 0 Å². The summed E-state index contributed by atoms with van der Waals surface area (Å²) in [5.41, 5.74) is 0. The van der Waals surface area contributed by atoms with E-state index in [2.05, 4.69) is 11.9 Å². The van der Waals surface area contributed by atoms with Crippen molar-refractivity contribution in [2.45, 2.75) is 31.5 Å². The van der Waals surface area contributed by atoms with Crippen molar-refractivity contribution in [1.82, 2.24) is 5.32 Å². The highest BCUT2D eigenvalue weighted by molar-refractivity contribution is 5.81. The van der Waals surface area contributed by atoms with Crippen molar-refractivity contribution < 1.29 is 28.6 Å². The van der Waals surface area contributed by atoms with E-state index < -0.39 is 12.1 Å². The summed E-state index contributed by atoms with van der Waals surface area (Å²) in [6.07, 6.45) is 2.49. The number of rotatable bonds is 5. The standard InChI is InChI=1S/C15H19NO6/c1-2-11(17)20-6-5-16-15(19)22-12-8-3-4-9-10(7-8)14(18)21-13(9)12/h2,8-10,12-13H,1,3-7H2,(H,16,19). The van der Waals surface area contributed by atoms with Crippen LogP contribution >= 0.6 is 0 Å². The van der Waals surface area contributed by atoms with E-state index in [0.29, 0.717) is 0 Å². The van der Waals surface area contributed by atoms with Gasteiger partial charge >= 0.3 is 18.0 Å². The minimum atomic E-state index is -0.577. The highest BCUT2D eigenvalue weighted by Crippen LogP contribution is 2.52. The molecule has 5 atom stereocenters. The van der Waals surface area contributed by atoms with Gasteiger partial charge in [-0.2, -0.15) is 0 Å². The van der Waals surface area contributed by atoms with Gasteiger partial charge in [0.05, 0.1) is 12.5 Å². The molecule has 0 aromatic rings. The first-order chi connectivity index (χ1) is 10.6. The molecule has 3 aliphatic carbocycles. The quantitative estimate of drug-likeness (QED) is 0.349. The first-order valence-corrected chi connectivity index (χ1v) is 7.54. The van der Waals surface area contributed by atoms with Crippen LogP contribution in [0.4, 0.5) is 4.79 Å². The fourth-order valence-corrected chi connectivity index (χ4v) is 3.77. The molecule has 0 spiro atoms. The number of ether oxygens (including phenoxy) is 3. The van der Waals surface area contributed by atoms with Gasteiger partial charge in [-0.3, -0.25) is 4.79 Å². The van der Waals surface area contributed by atoms with E-state index in [1.807, 2.05) is 0 Å². The van der Waals surface area contributed by atoms with E-state index in [1.54, 1.807) is 0 Å². The Morgan fingerprint density at radius 1 is 1.41 bits per heavy atom. The number of amides is 1. The van der Waals surface area contributed by atoms with Gasteiger partial charge in [-0.1, -0.05) is 6.58 Å². The molecule has 22 heavy (non-hydrogen) atoms. The molecule has 3 saturated carbocycles. The zero-order valence-corrected chi connectivity index (χ0v) is 12.2. The summed E-state index contributed by atoms with van der Waals surface area (Å²) in [5.74, 6) is -0.323. The van der Waals surface area contributed by atoms with Gasteiger partial charge in [0, 0.05) is 17.9 Å². The molecule has 0 radical (unpaired) electrons. The molecule has 7 heteroatoms. The molecule has 4 bridgehead atoms. The Labute approximate surface area is 128 Å². The van der Waals surface area contributed by atoms with Crippen LogP contribution in [0, 0.1) is 17.8 Å². The largest absolute Gasteiger partial charge is 0.461 e. The number of esters is 2. The molecule has 0 aromatic carbocycles. The summed E-state index contributed by atoms with van der Waals surface area (Å²) in [6.45, 7) is 3.49. The number of alkyl carbamates (subject to hydrolysis) is 1. The summed E-state index contributed by atoms with van der Waals surface area (Å²) < 4.78 is 15.6. The number of hydrogen-bond donors (Lipinski definition) is 1. The predicted octanol–water partition coefficient (Wildman–Crippen LogP) is 0.782. The minimum absolute atomic E-state index is 0.00928. The van der Waals surface area contributed by atoms with Gasteiger partial charge in [0.25, 0.3) is 0 Å². The van der Waals surface area contributed by atoms with Crippen LogP contribution < -0.4 is 5.32 Å². The monoisotopic (exact) mass is 309 g/mol. The number of carbonyl (C=O) groups is 3. The molecular formula is C15H19NO6. The Bertz CT molecular complexity index is 504. The molecule has 4 rings (SSSR count). The lowest BCUT2D eigenvalue weighted by atomic mass is 9.63. The third kappa shape index (κ3) is 2.67. The maximum absolute atomic E-state index is 11.8. The summed E-state index contributed by atoms with van der Waals surface area (Å²) in [6, 6.07) is 0. The van der Waals surface area contributed by atoms with Crippen molar-refractivity contribution in [1.29, 1.82) is 0 Å². The van der Waals surface area contributed by atoms with Crippen LogP contribution in [0.25, 0.3) is 0 Å². The van der Waals surface area contributed by atoms with E-state index in [1.165, 1.54) is 0 Å². The summed E-state index contributed by atoms with van der Waals surface area (Å²) in [4.78, 5) is 34.4. The molecule has 1 N–H and O–H groups in total. The zero-order chi connectivity index (χ0) is 15.7. The van der Waals surface area contributed by atoms with Gasteiger partial charge in [-0.25, -0.2) is 9.59 Å². The van der Waals surface area contributed by atoms with Gasteiger partial charge in [-0.05, 0) is 19.3 Å². The SMILES string of the molecule is C=CC(=O)OCCNC(=O)OC1C2CCC3C(C2)C(=O)OC31. The molecule has 4 aliphatic rings. The lowest BCUT2D eigenvalue weighted by Crippen LogP contribution is -2.51. The van der Waals surface area contributed by atoms with Gasteiger partial charge in [0.15, 0.2) is 0 Å². The molecular weight excluding hydrogens is 290 g/mol. The lowest BCUT2D eigenvalue weighted by Gasteiger charge is -2.43. The maximum atomic E-state index is 11.8. The van der Waals surface area contributed by atoms with Crippen molar-refractivity contribution in [3.05, 3.63) is 12.7 Å². The Morgan fingerprint density at radius 2 is 2.23 bits per heavy atom. The highest BCUT2D eigenvalue weighted by Gasteiger charge is 2.59. The number of hydrogen-bond acceptors (Lipinski definition) is 6. The van der Waals surface area contributed by atoms with E-state index in [9.17, 15) is 14.4 Å². The smallest absolute Gasteiger partial charge is 0.407 e. The number of nitrogens with one attached hydrogen (secondary N) is 1. The van der Waals surface area contributed by atoms with E-state index in [4.69, 9.17) is 14.2 Å². The third-order valence-electron chi connectivity index (χ3n) is 4.74. The topological polar surface area (TPSA) is 90.9 Å². The van der Waals surface area contributed by atoms with E-state index in [-0.39, 0.29) is 49.1 Å². The second-order valence-electron chi connectivity index (χ2n) is 5.91. The number of carbonyl (C=O) groups excluding carboxylic acids is 3. The Hall–Kier alpha value is -2.05. The Kier molecular flexibility index (Phi) is 4.04. The van der Waals surface area contributed by atoms with Gasteiger partial charge in [0.1, 0.15) is 18.8 Å². The van der Waals surface area contributed by atoms with Crippen LogP contribution in [0.2, 0.25) is 0 Å². The molecule has 7 nitrogen and oxygen atoms in total. The first-order valence-electron chi connectivity index (χ1n) is 7.54. The molecule has 1 heterocycles. The van der Waals surface area contributed by atoms with Crippen LogP contribution in [0.3, 0.4) is 0 Å². The van der Waals surface area contributed by atoms with Gasteiger partial charge in [-0.15, -0.1) is 0 Å². The minimum Gasteiger partial charge on any atom is -0.461 e. The van der Waals surface area contributed by atoms with Crippen molar-refractivity contribution in [3.8, 4) is 0 Å². The average Bonchev–Trinajstić information content (AvgIpc) is 2.80. The molecule has 4 fully saturated rings. The Morgan fingerprint density at radius 3 is 3.00 bits per heavy atom. The lowest BCUT2D eigenvalue weighted by molar-refractivity contribution is -0.147. The molecule has 1 amide bonds. The average molecular weight is 309 g/mol. The highest BCUT2D eigenvalue weighted by atomic mass is 16.6. The van der Waals surface area contributed by atoms with Gasteiger partial charge in [0.2, 0.25) is 0 Å². The van der Waals surface area contributed by atoms with Crippen LogP contribution in [-0.4, -0.2) is 43.4 Å². The van der Waals surface area contributed by atoms with Crippen LogP contribution in [0.5, 0.6) is 0 Å². The van der Waals surface area contributed by atoms with Crippen LogP contribution in [0.1, 0.15) is 19.3 Å². The zero-order valence-electron chi connectivity index (χ0n) is 12.2. The van der Waals surface area contributed by atoms with Crippen LogP contribution in [-0.2, 0) is 23.8 Å². The number of fused-ring (bicyclic) bond motifs is 1. The van der Waals surface area contributed by atoms with Crippen LogP contribution in [0.15, 0.2) is 12.7 Å². The predicted molar refractivity (Wildman–Crippen MR) is 73.6 cm³/mol. The van der Waals surface area contributed by atoms with Crippen molar-refractivity contribution in [2.75, 3.05) is 13.2 Å². The second-order valence-corrected chi connectivity index (χ2v) is 5.91. The van der Waals surface area contributed by atoms with Gasteiger partial charge < -0.3 is 19.5 Å². The first kappa shape index (κ1) is 14.9. The fraction of sp³-hybridized carbons (Fsp3) is 0.667. The van der Waals surface area contributed by atoms with Crippen molar-refractivity contribution >= 4 is 18.0 Å². The Balaban J connectivity index is 1.47. The second kappa shape index (κ2) is 5.98. The molecule has 1 aliphatic heterocycles. The molecule has 5 unspecified atom stereocenters. The summed E-state index contributed by atoms with van der Waals surface area (Å²) in [5, 5.41) is 2.53. The summed E-state index contributed by atoms with van der Waals surface area (Å²) in [7, 11) is 0. The maximum Gasteiger partial charge on any atom is 0.407 e. The normalized spacial score (nSPS) is 34.7. The summed E-state index contributed by atoms with van der Waals surface area (Å²) >= 11 is 0. The third-order valence-corrected chi connectivity index (χ3v) is 4.74.